The van der Waals surface area contributed by atoms with Crippen LogP contribution in [0.4, 0.5) is 5.95 Å². The van der Waals surface area contributed by atoms with E-state index in [1.807, 2.05) is 6.07 Å². The maximum absolute atomic E-state index is 12.2. The number of hydrogen-bond donors (Lipinski definition) is 1. The van der Waals surface area contributed by atoms with Gasteiger partial charge in [-0.3, -0.25) is 9.69 Å². The SMILES string of the molecule is O=C(CN1CCN(c2ncccn2)CC1)N[C@H]1C[C@@H]2OCC[C@H]12. The number of rotatable bonds is 4. The first-order valence-corrected chi connectivity index (χ1v) is 8.45. The number of fused-ring (bicyclic) bond motifs is 1. The Hall–Kier alpha value is -1.73. The van der Waals surface area contributed by atoms with Gasteiger partial charge in [-0.15, -0.1) is 0 Å². The van der Waals surface area contributed by atoms with E-state index in [0.717, 1.165) is 51.6 Å². The summed E-state index contributed by atoms with van der Waals surface area (Å²) in [6, 6.07) is 2.15. The van der Waals surface area contributed by atoms with Crippen molar-refractivity contribution in [1.82, 2.24) is 20.2 Å². The van der Waals surface area contributed by atoms with Crippen molar-refractivity contribution in [2.45, 2.75) is 25.0 Å². The van der Waals surface area contributed by atoms with Gasteiger partial charge >= 0.3 is 0 Å². The maximum Gasteiger partial charge on any atom is 0.234 e. The van der Waals surface area contributed by atoms with Gasteiger partial charge in [0.1, 0.15) is 0 Å². The molecule has 3 aliphatic rings. The molecule has 1 amide bonds. The molecule has 1 aromatic rings. The fraction of sp³-hybridized carbons (Fsp3) is 0.688. The summed E-state index contributed by atoms with van der Waals surface area (Å²) in [5.41, 5.74) is 0. The highest BCUT2D eigenvalue weighted by Gasteiger charge is 2.45. The molecule has 4 rings (SSSR count). The van der Waals surface area contributed by atoms with E-state index in [-0.39, 0.29) is 5.91 Å². The topological polar surface area (TPSA) is 70.6 Å². The Morgan fingerprint density at radius 2 is 2.04 bits per heavy atom. The first-order valence-electron chi connectivity index (χ1n) is 8.45. The lowest BCUT2D eigenvalue weighted by Crippen LogP contribution is -2.56. The predicted octanol–water partition coefficient (Wildman–Crippen LogP) is -0.108. The molecule has 1 aromatic heterocycles. The minimum absolute atomic E-state index is 0.143. The lowest BCUT2D eigenvalue weighted by atomic mass is 9.76. The van der Waals surface area contributed by atoms with Crippen molar-refractivity contribution in [3.63, 3.8) is 0 Å². The average Bonchev–Trinajstić information content (AvgIpc) is 2.95. The summed E-state index contributed by atoms with van der Waals surface area (Å²) in [7, 11) is 0. The average molecular weight is 317 g/mol. The van der Waals surface area contributed by atoms with Crippen LogP contribution in [0.25, 0.3) is 0 Å². The molecule has 7 heteroatoms. The monoisotopic (exact) mass is 317 g/mol. The zero-order valence-electron chi connectivity index (χ0n) is 13.2. The van der Waals surface area contributed by atoms with E-state index in [2.05, 4.69) is 25.1 Å². The van der Waals surface area contributed by atoms with E-state index in [1.165, 1.54) is 0 Å². The van der Waals surface area contributed by atoms with Gasteiger partial charge in [0.25, 0.3) is 0 Å². The Balaban J connectivity index is 1.21. The molecule has 0 spiro atoms. The smallest absolute Gasteiger partial charge is 0.234 e. The minimum atomic E-state index is 0.143. The summed E-state index contributed by atoms with van der Waals surface area (Å²) in [6.45, 7) is 4.79. The first-order chi connectivity index (χ1) is 11.3. The van der Waals surface area contributed by atoms with Crippen molar-refractivity contribution < 1.29 is 9.53 Å². The van der Waals surface area contributed by atoms with E-state index in [9.17, 15) is 4.79 Å². The van der Waals surface area contributed by atoms with Crippen molar-refractivity contribution >= 4 is 11.9 Å². The summed E-state index contributed by atoms with van der Waals surface area (Å²) in [6.07, 6.45) is 6.00. The van der Waals surface area contributed by atoms with Crippen LogP contribution in [-0.2, 0) is 9.53 Å². The van der Waals surface area contributed by atoms with Crippen LogP contribution in [0.1, 0.15) is 12.8 Å². The number of ether oxygens (including phenoxy) is 1. The molecule has 0 aromatic carbocycles. The zero-order chi connectivity index (χ0) is 15.6. The number of aromatic nitrogens is 2. The fourth-order valence-electron chi connectivity index (χ4n) is 3.78. The second kappa shape index (κ2) is 6.41. The Morgan fingerprint density at radius 1 is 1.26 bits per heavy atom. The molecule has 1 N–H and O–H groups in total. The molecule has 124 valence electrons. The van der Waals surface area contributed by atoms with Gasteiger partial charge in [0.2, 0.25) is 11.9 Å². The number of hydrogen-bond acceptors (Lipinski definition) is 6. The molecule has 0 radical (unpaired) electrons. The van der Waals surface area contributed by atoms with Crippen molar-refractivity contribution in [3.05, 3.63) is 18.5 Å². The maximum atomic E-state index is 12.2. The number of piperazine rings is 1. The van der Waals surface area contributed by atoms with Crippen molar-refractivity contribution in [1.29, 1.82) is 0 Å². The minimum Gasteiger partial charge on any atom is -0.378 e. The van der Waals surface area contributed by atoms with Gasteiger partial charge in [-0.1, -0.05) is 0 Å². The van der Waals surface area contributed by atoms with Gasteiger partial charge in [-0.05, 0) is 18.9 Å². The molecule has 2 saturated heterocycles. The Labute approximate surface area is 136 Å². The lowest BCUT2D eigenvalue weighted by molar-refractivity contribution is -0.125. The Bertz CT molecular complexity index is 547. The summed E-state index contributed by atoms with van der Waals surface area (Å²) in [5, 5.41) is 3.18. The van der Waals surface area contributed by atoms with Gasteiger partial charge in [0, 0.05) is 57.1 Å². The van der Waals surface area contributed by atoms with Crippen molar-refractivity contribution in [3.8, 4) is 0 Å². The van der Waals surface area contributed by atoms with Gasteiger partial charge in [-0.25, -0.2) is 9.97 Å². The normalized spacial score (nSPS) is 30.6. The molecule has 3 atom stereocenters. The van der Waals surface area contributed by atoms with Gasteiger partial charge in [-0.2, -0.15) is 0 Å². The molecule has 23 heavy (non-hydrogen) atoms. The molecule has 1 aliphatic carbocycles. The zero-order valence-corrected chi connectivity index (χ0v) is 13.2. The van der Waals surface area contributed by atoms with Crippen LogP contribution < -0.4 is 10.2 Å². The molecule has 1 saturated carbocycles. The van der Waals surface area contributed by atoms with Gasteiger partial charge < -0.3 is 15.0 Å². The van der Waals surface area contributed by atoms with Crippen LogP contribution in [0.5, 0.6) is 0 Å². The second-order valence-corrected chi connectivity index (χ2v) is 6.58. The summed E-state index contributed by atoms with van der Waals surface area (Å²) in [5.74, 6) is 1.47. The molecule has 3 heterocycles. The predicted molar refractivity (Wildman–Crippen MR) is 85.1 cm³/mol. The highest BCUT2D eigenvalue weighted by atomic mass is 16.5. The third-order valence-electron chi connectivity index (χ3n) is 5.18. The molecular weight excluding hydrogens is 294 g/mol. The number of nitrogens with one attached hydrogen (secondary N) is 1. The van der Waals surface area contributed by atoms with E-state index in [4.69, 9.17) is 4.74 Å². The van der Waals surface area contributed by atoms with Crippen LogP contribution in [0.2, 0.25) is 0 Å². The molecule has 0 unspecified atom stereocenters. The number of carbonyl (C=O) groups is 1. The summed E-state index contributed by atoms with van der Waals surface area (Å²) >= 11 is 0. The highest BCUT2D eigenvalue weighted by molar-refractivity contribution is 5.78. The molecule has 2 aliphatic heterocycles. The number of amides is 1. The highest BCUT2D eigenvalue weighted by Crippen LogP contribution is 2.38. The van der Waals surface area contributed by atoms with Crippen LogP contribution >= 0.6 is 0 Å². The summed E-state index contributed by atoms with van der Waals surface area (Å²) < 4.78 is 5.59. The third-order valence-corrected chi connectivity index (χ3v) is 5.18. The number of anilines is 1. The van der Waals surface area contributed by atoms with E-state index >= 15 is 0 Å². The standard InChI is InChI=1S/C16H23N5O2/c22-15(19-13-10-14-12(13)2-9-23-14)11-20-5-7-21(8-6-20)16-17-3-1-4-18-16/h1,3-4,12-14H,2,5-11H2,(H,19,22)/t12-,13+,14+/m1/s1. The van der Waals surface area contributed by atoms with Crippen LogP contribution in [0.3, 0.4) is 0 Å². The van der Waals surface area contributed by atoms with Crippen LogP contribution in [-0.4, -0.2) is 72.3 Å². The van der Waals surface area contributed by atoms with Gasteiger partial charge in [0.15, 0.2) is 0 Å². The van der Waals surface area contributed by atoms with E-state index in [0.29, 0.717) is 24.6 Å². The Kier molecular flexibility index (Phi) is 4.13. The largest absolute Gasteiger partial charge is 0.378 e. The fourth-order valence-corrected chi connectivity index (χ4v) is 3.78. The van der Waals surface area contributed by atoms with Crippen molar-refractivity contribution in [2.75, 3.05) is 44.2 Å². The van der Waals surface area contributed by atoms with Gasteiger partial charge in [0.05, 0.1) is 12.6 Å². The lowest BCUT2D eigenvalue weighted by Gasteiger charge is -2.40. The molecule has 0 bridgehead atoms. The van der Waals surface area contributed by atoms with Crippen LogP contribution in [0.15, 0.2) is 18.5 Å². The molecule has 3 fully saturated rings. The number of nitrogens with zero attached hydrogens (tertiary/aromatic N) is 4. The quantitative estimate of drug-likeness (QED) is 0.836. The second-order valence-electron chi connectivity index (χ2n) is 6.58. The molecule has 7 nitrogen and oxygen atoms in total. The van der Waals surface area contributed by atoms with E-state index in [1.54, 1.807) is 12.4 Å². The molecular formula is C16H23N5O2. The number of carbonyl (C=O) groups excluding carboxylic acids is 1. The van der Waals surface area contributed by atoms with E-state index < -0.39 is 0 Å². The van der Waals surface area contributed by atoms with Crippen molar-refractivity contribution in [2.24, 2.45) is 5.92 Å². The Morgan fingerprint density at radius 3 is 2.78 bits per heavy atom. The summed E-state index contributed by atoms with van der Waals surface area (Å²) in [4.78, 5) is 25.2. The first kappa shape index (κ1) is 14.8. The van der Waals surface area contributed by atoms with Crippen LogP contribution in [0, 0.1) is 5.92 Å². The third kappa shape index (κ3) is 3.16.